The lowest BCUT2D eigenvalue weighted by atomic mass is 9.85. The van der Waals surface area contributed by atoms with E-state index in [0.717, 1.165) is 5.52 Å². The highest BCUT2D eigenvalue weighted by Gasteiger charge is 2.19. The summed E-state index contributed by atoms with van der Waals surface area (Å²) in [5.41, 5.74) is 7.39. The first-order chi connectivity index (χ1) is 24.3. The minimum atomic E-state index is 1.16. The predicted octanol–water partition coefficient (Wildman–Crippen LogP) is 13.6. The standard InChI is InChI=1S/C48H29N/c1-2-12-33-29(11-1)21-22-30-27-31(23-25-34(30)33)45-38-16-6-8-18-40(38)46(41-19-9-7-17-39(41)45)32-24-26-43-44(28-32)49-48-42-20-10-4-14-36(42)35-13-3-5-15-37(35)47(43)48/h1-28,49H. The van der Waals surface area contributed by atoms with Crippen molar-refractivity contribution in [3.63, 3.8) is 0 Å². The molecule has 11 rings (SSSR count). The van der Waals surface area contributed by atoms with Crippen LogP contribution in [0.3, 0.4) is 0 Å². The van der Waals surface area contributed by atoms with E-state index in [1.54, 1.807) is 0 Å². The molecule has 0 atom stereocenters. The zero-order chi connectivity index (χ0) is 32.1. The Morgan fingerprint density at radius 3 is 1.39 bits per heavy atom. The van der Waals surface area contributed by atoms with Gasteiger partial charge >= 0.3 is 0 Å². The molecule has 11 aromatic rings. The number of hydrogen-bond donors (Lipinski definition) is 1. The van der Waals surface area contributed by atoms with Crippen molar-refractivity contribution in [2.75, 3.05) is 0 Å². The Bertz CT molecular complexity index is 3100. The summed E-state index contributed by atoms with van der Waals surface area (Å²) in [6.45, 7) is 0. The first-order valence-electron chi connectivity index (χ1n) is 17.0. The molecule has 0 radical (unpaired) electrons. The van der Waals surface area contributed by atoms with Gasteiger partial charge in [-0.3, -0.25) is 0 Å². The van der Waals surface area contributed by atoms with Crippen molar-refractivity contribution < 1.29 is 0 Å². The fourth-order valence-corrected chi connectivity index (χ4v) is 8.63. The molecule has 10 aromatic carbocycles. The monoisotopic (exact) mass is 619 g/mol. The molecule has 226 valence electrons. The van der Waals surface area contributed by atoms with Crippen LogP contribution in [0.2, 0.25) is 0 Å². The van der Waals surface area contributed by atoms with Crippen LogP contribution in [0.15, 0.2) is 170 Å². The molecule has 0 bridgehead atoms. The normalized spacial score (nSPS) is 12.1. The van der Waals surface area contributed by atoms with Crippen LogP contribution in [0.4, 0.5) is 0 Å². The highest BCUT2D eigenvalue weighted by Crippen LogP contribution is 2.46. The first-order valence-corrected chi connectivity index (χ1v) is 17.0. The van der Waals surface area contributed by atoms with E-state index in [2.05, 4.69) is 175 Å². The van der Waals surface area contributed by atoms with Crippen molar-refractivity contribution in [3.8, 4) is 22.3 Å². The lowest BCUT2D eigenvalue weighted by Crippen LogP contribution is -1.91. The summed E-state index contributed by atoms with van der Waals surface area (Å²) >= 11 is 0. The van der Waals surface area contributed by atoms with Crippen molar-refractivity contribution in [1.82, 2.24) is 4.98 Å². The number of aromatic nitrogens is 1. The van der Waals surface area contributed by atoms with Crippen LogP contribution in [0.1, 0.15) is 0 Å². The Labute approximate surface area is 282 Å². The van der Waals surface area contributed by atoms with Crippen LogP contribution in [0.5, 0.6) is 0 Å². The van der Waals surface area contributed by atoms with Crippen molar-refractivity contribution in [2.24, 2.45) is 0 Å². The molecule has 0 spiro atoms. The van der Waals surface area contributed by atoms with Crippen LogP contribution in [-0.2, 0) is 0 Å². The largest absolute Gasteiger partial charge is 0.354 e. The number of H-pyrrole nitrogens is 1. The van der Waals surface area contributed by atoms with Gasteiger partial charge in [-0.25, -0.2) is 0 Å². The quantitative estimate of drug-likeness (QED) is 0.146. The van der Waals surface area contributed by atoms with Gasteiger partial charge in [0.1, 0.15) is 0 Å². The average molecular weight is 620 g/mol. The van der Waals surface area contributed by atoms with Gasteiger partial charge in [-0.05, 0) is 93.6 Å². The summed E-state index contributed by atoms with van der Waals surface area (Å²) in [7, 11) is 0. The molecule has 0 unspecified atom stereocenters. The van der Waals surface area contributed by atoms with Gasteiger partial charge in [-0.15, -0.1) is 0 Å². The Morgan fingerprint density at radius 2 is 0.735 bits per heavy atom. The lowest BCUT2D eigenvalue weighted by molar-refractivity contribution is 1.56. The van der Waals surface area contributed by atoms with Crippen LogP contribution >= 0.6 is 0 Å². The van der Waals surface area contributed by atoms with Crippen molar-refractivity contribution in [1.29, 1.82) is 0 Å². The third-order valence-electron chi connectivity index (χ3n) is 10.7. The molecule has 0 aliphatic rings. The van der Waals surface area contributed by atoms with Gasteiger partial charge in [0, 0.05) is 21.7 Å². The van der Waals surface area contributed by atoms with E-state index in [1.165, 1.54) is 103 Å². The second-order valence-corrected chi connectivity index (χ2v) is 13.3. The Hall–Kier alpha value is -6.44. The van der Waals surface area contributed by atoms with E-state index >= 15 is 0 Å². The molecule has 49 heavy (non-hydrogen) atoms. The SMILES string of the molecule is c1ccc2c(c1)ccc1cc(-c3c4ccccc4c(-c4ccc5c(c4)[nH]c4c6ccccc6c6ccccc6c54)c4ccccc34)ccc12. The molecule has 1 heterocycles. The Balaban J connectivity index is 1.19. The van der Waals surface area contributed by atoms with E-state index in [4.69, 9.17) is 0 Å². The molecular weight excluding hydrogens is 591 g/mol. The smallest absolute Gasteiger partial charge is 0.0551 e. The minimum Gasteiger partial charge on any atom is -0.354 e. The van der Waals surface area contributed by atoms with Gasteiger partial charge in [-0.2, -0.15) is 0 Å². The molecule has 0 saturated carbocycles. The zero-order valence-electron chi connectivity index (χ0n) is 26.7. The highest BCUT2D eigenvalue weighted by atomic mass is 14.7. The van der Waals surface area contributed by atoms with Gasteiger partial charge in [0.25, 0.3) is 0 Å². The van der Waals surface area contributed by atoms with Gasteiger partial charge in [-0.1, -0.05) is 158 Å². The van der Waals surface area contributed by atoms with E-state index < -0.39 is 0 Å². The van der Waals surface area contributed by atoms with Crippen LogP contribution in [0.25, 0.3) is 109 Å². The molecule has 0 aliphatic heterocycles. The molecule has 0 aliphatic carbocycles. The number of aromatic amines is 1. The van der Waals surface area contributed by atoms with Crippen LogP contribution in [-0.4, -0.2) is 4.98 Å². The van der Waals surface area contributed by atoms with Gasteiger partial charge < -0.3 is 4.98 Å². The number of nitrogens with one attached hydrogen (secondary N) is 1. The van der Waals surface area contributed by atoms with E-state index in [0.29, 0.717) is 0 Å². The van der Waals surface area contributed by atoms with Crippen LogP contribution < -0.4 is 0 Å². The Morgan fingerprint density at radius 1 is 0.286 bits per heavy atom. The number of rotatable bonds is 2. The zero-order valence-corrected chi connectivity index (χ0v) is 26.7. The molecule has 1 aromatic heterocycles. The molecule has 1 N–H and O–H groups in total. The third-order valence-corrected chi connectivity index (χ3v) is 10.7. The topological polar surface area (TPSA) is 15.8 Å². The lowest BCUT2D eigenvalue weighted by Gasteiger charge is -2.18. The van der Waals surface area contributed by atoms with E-state index in [-0.39, 0.29) is 0 Å². The summed E-state index contributed by atoms with van der Waals surface area (Å²) in [4.78, 5) is 3.89. The predicted molar refractivity (Wildman–Crippen MR) is 212 cm³/mol. The van der Waals surface area contributed by atoms with Crippen LogP contribution in [0, 0.1) is 0 Å². The van der Waals surface area contributed by atoms with Gasteiger partial charge in [0.2, 0.25) is 0 Å². The second kappa shape index (κ2) is 10.0. The summed E-state index contributed by atoms with van der Waals surface area (Å²) in [5.74, 6) is 0. The number of hydrogen-bond acceptors (Lipinski definition) is 0. The molecule has 0 amide bonds. The third kappa shape index (κ3) is 3.76. The molecular formula is C48H29N. The average Bonchev–Trinajstić information content (AvgIpc) is 3.56. The fourth-order valence-electron chi connectivity index (χ4n) is 8.63. The number of benzene rings is 10. The highest BCUT2D eigenvalue weighted by molar-refractivity contribution is 6.32. The van der Waals surface area contributed by atoms with E-state index in [9.17, 15) is 0 Å². The summed E-state index contributed by atoms with van der Waals surface area (Å²) < 4.78 is 0. The second-order valence-electron chi connectivity index (χ2n) is 13.3. The van der Waals surface area contributed by atoms with E-state index in [1.807, 2.05) is 0 Å². The summed E-state index contributed by atoms with van der Waals surface area (Å²) in [6.07, 6.45) is 0. The maximum absolute atomic E-state index is 3.89. The van der Waals surface area contributed by atoms with Gasteiger partial charge in [0.05, 0.1) is 5.52 Å². The maximum Gasteiger partial charge on any atom is 0.0551 e. The number of fused-ring (bicyclic) bond motifs is 13. The molecule has 0 fully saturated rings. The van der Waals surface area contributed by atoms with Crippen molar-refractivity contribution in [2.45, 2.75) is 0 Å². The van der Waals surface area contributed by atoms with Gasteiger partial charge in [0.15, 0.2) is 0 Å². The summed E-state index contributed by atoms with van der Waals surface area (Å²) in [6, 6.07) is 62.7. The molecule has 1 heteroatoms. The molecule has 0 saturated heterocycles. The minimum absolute atomic E-state index is 1.16. The van der Waals surface area contributed by atoms with Crippen molar-refractivity contribution >= 4 is 86.4 Å². The Kier molecular flexibility index (Phi) is 5.45. The molecule has 1 nitrogen and oxygen atoms in total. The fraction of sp³-hybridized carbons (Fsp3) is 0. The first kappa shape index (κ1) is 26.6. The van der Waals surface area contributed by atoms with Crippen molar-refractivity contribution in [3.05, 3.63) is 170 Å². The summed E-state index contributed by atoms with van der Waals surface area (Å²) in [5, 5.41) is 17.9. The maximum atomic E-state index is 3.89.